The molecule has 0 unspecified atom stereocenters. The maximum Gasteiger partial charge on any atom is 0.241 e. The van der Waals surface area contributed by atoms with Gasteiger partial charge < -0.3 is 5.32 Å². The number of rotatable bonds is 6. The fourth-order valence-electron chi connectivity index (χ4n) is 2.08. The molecule has 0 radical (unpaired) electrons. The number of hydrogen-bond acceptors (Lipinski definition) is 3. The van der Waals surface area contributed by atoms with Crippen LogP contribution in [0, 0.1) is 0 Å². The van der Waals surface area contributed by atoms with Gasteiger partial charge in [-0.25, -0.2) is 13.1 Å². The van der Waals surface area contributed by atoms with E-state index >= 15 is 0 Å². The number of amides is 1. The molecule has 0 bridgehead atoms. The molecule has 0 heterocycles. The van der Waals surface area contributed by atoms with E-state index in [2.05, 4.69) is 10.0 Å². The number of nitrogens with one attached hydrogen (secondary N) is 2. The maximum absolute atomic E-state index is 12.4. The van der Waals surface area contributed by atoms with Gasteiger partial charge in [-0.1, -0.05) is 37.3 Å². The van der Waals surface area contributed by atoms with Crippen molar-refractivity contribution in [3.05, 3.63) is 60.2 Å². The van der Waals surface area contributed by atoms with Crippen LogP contribution in [0.2, 0.25) is 0 Å². The lowest BCUT2D eigenvalue weighted by Gasteiger charge is -2.15. The van der Waals surface area contributed by atoms with Crippen molar-refractivity contribution in [3.8, 4) is 0 Å². The first-order chi connectivity index (χ1) is 10.9. The predicted octanol–water partition coefficient (Wildman–Crippen LogP) is 3.07. The Hall–Kier alpha value is -2.18. The number of anilines is 1. The van der Waals surface area contributed by atoms with Crippen LogP contribution in [0.25, 0.3) is 0 Å². The molecule has 0 aromatic heterocycles. The lowest BCUT2D eigenvalue weighted by atomic mass is 10.1. The highest BCUT2D eigenvalue weighted by Crippen LogP contribution is 2.18. The summed E-state index contributed by atoms with van der Waals surface area (Å²) in [6, 6.07) is 15.1. The summed E-state index contributed by atoms with van der Waals surface area (Å²) in [7, 11) is -3.62. The number of hydrogen-bond donors (Lipinski definition) is 2. The number of benzene rings is 2. The van der Waals surface area contributed by atoms with Crippen LogP contribution >= 0.6 is 0 Å². The largest absolute Gasteiger partial charge is 0.326 e. The molecule has 2 rings (SSSR count). The Morgan fingerprint density at radius 3 is 2.22 bits per heavy atom. The van der Waals surface area contributed by atoms with Crippen molar-refractivity contribution in [2.45, 2.75) is 31.2 Å². The van der Waals surface area contributed by atoms with E-state index in [-0.39, 0.29) is 16.8 Å². The Labute approximate surface area is 136 Å². The topological polar surface area (TPSA) is 75.3 Å². The Bertz CT molecular complexity index is 756. The first-order valence-corrected chi connectivity index (χ1v) is 8.88. The average molecular weight is 332 g/mol. The van der Waals surface area contributed by atoms with Crippen molar-refractivity contribution < 1.29 is 13.2 Å². The maximum atomic E-state index is 12.4. The molecule has 0 saturated carbocycles. The lowest BCUT2D eigenvalue weighted by molar-refractivity contribution is -0.115. The second-order valence-corrected chi connectivity index (χ2v) is 6.89. The molecular weight excluding hydrogens is 312 g/mol. The minimum atomic E-state index is -3.62. The van der Waals surface area contributed by atoms with Gasteiger partial charge in [-0.3, -0.25) is 4.79 Å². The van der Waals surface area contributed by atoms with Crippen LogP contribution in [-0.4, -0.2) is 14.3 Å². The SMILES string of the molecule is CCC(=O)Nc1ccc(S(=O)(=O)N[C@@H](C)c2ccccc2)cc1. The average Bonchev–Trinajstić information content (AvgIpc) is 2.55. The van der Waals surface area contributed by atoms with Crippen LogP contribution < -0.4 is 10.0 Å². The third-order valence-electron chi connectivity index (χ3n) is 3.40. The van der Waals surface area contributed by atoms with Gasteiger partial charge in [0.25, 0.3) is 0 Å². The molecule has 5 nitrogen and oxygen atoms in total. The molecule has 0 aliphatic heterocycles. The van der Waals surface area contributed by atoms with Crippen LogP contribution in [0.5, 0.6) is 0 Å². The Morgan fingerprint density at radius 2 is 1.65 bits per heavy atom. The van der Waals surface area contributed by atoms with E-state index in [0.29, 0.717) is 12.1 Å². The van der Waals surface area contributed by atoms with E-state index in [0.717, 1.165) is 5.56 Å². The van der Waals surface area contributed by atoms with E-state index in [1.807, 2.05) is 30.3 Å². The van der Waals surface area contributed by atoms with Crippen molar-refractivity contribution in [1.82, 2.24) is 4.72 Å². The van der Waals surface area contributed by atoms with Crippen LogP contribution in [0.1, 0.15) is 31.9 Å². The third-order valence-corrected chi connectivity index (χ3v) is 4.96. The molecule has 0 fully saturated rings. The molecule has 0 aliphatic rings. The Morgan fingerprint density at radius 1 is 1.04 bits per heavy atom. The first kappa shape index (κ1) is 17.2. The van der Waals surface area contributed by atoms with Gasteiger partial charge in [0.1, 0.15) is 0 Å². The zero-order chi connectivity index (χ0) is 16.9. The molecule has 0 aliphatic carbocycles. The number of sulfonamides is 1. The standard InChI is InChI=1S/C17H20N2O3S/c1-3-17(20)18-15-9-11-16(12-10-15)23(21,22)19-13(2)14-7-5-4-6-8-14/h4-13,19H,3H2,1-2H3,(H,18,20)/t13-/m0/s1. The predicted molar refractivity (Wildman–Crippen MR) is 90.5 cm³/mol. The summed E-state index contributed by atoms with van der Waals surface area (Å²) in [6.45, 7) is 3.55. The van der Waals surface area contributed by atoms with E-state index in [1.54, 1.807) is 26.0 Å². The molecule has 2 aromatic carbocycles. The second kappa shape index (κ2) is 7.39. The van der Waals surface area contributed by atoms with E-state index in [1.165, 1.54) is 12.1 Å². The van der Waals surface area contributed by atoms with E-state index < -0.39 is 10.0 Å². The molecule has 0 spiro atoms. The van der Waals surface area contributed by atoms with Gasteiger partial charge in [-0.2, -0.15) is 0 Å². The Kier molecular flexibility index (Phi) is 5.52. The highest BCUT2D eigenvalue weighted by Gasteiger charge is 2.18. The molecular formula is C17H20N2O3S. The van der Waals surface area contributed by atoms with Crippen molar-refractivity contribution in [2.24, 2.45) is 0 Å². The molecule has 122 valence electrons. The van der Waals surface area contributed by atoms with E-state index in [9.17, 15) is 13.2 Å². The summed E-state index contributed by atoms with van der Waals surface area (Å²) in [4.78, 5) is 11.5. The summed E-state index contributed by atoms with van der Waals surface area (Å²) in [5, 5.41) is 2.68. The molecule has 2 aromatic rings. The number of carbonyl (C=O) groups excluding carboxylic acids is 1. The van der Waals surface area contributed by atoms with Gasteiger partial charge in [-0.05, 0) is 36.8 Å². The molecule has 2 N–H and O–H groups in total. The number of carbonyl (C=O) groups is 1. The van der Waals surface area contributed by atoms with Crippen molar-refractivity contribution in [1.29, 1.82) is 0 Å². The monoisotopic (exact) mass is 332 g/mol. The molecule has 1 amide bonds. The van der Waals surface area contributed by atoms with E-state index in [4.69, 9.17) is 0 Å². The smallest absolute Gasteiger partial charge is 0.241 e. The molecule has 23 heavy (non-hydrogen) atoms. The molecule has 1 atom stereocenters. The minimum Gasteiger partial charge on any atom is -0.326 e. The van der Waals surface area contributed by atoms with Gasteiger partial charge in [0, 0.05) is 18.2 Å². The van der Waals surface area contributed by atoms with Crippen molar-refractivity contribution in [2.75, 3.05) is 5.32 Å². The van der Waals surface area contributed by atoms with Gasteiger partial charge in [0.05, 0.1) is 4.90 Å². The fourth-order valence-corrected chi connectivity index (χ4v) is 3.31. The quantitative estimate of drug-likeness (QED) is 0.853. The highest BCUT2D eigenvalue weighted by atomic mass is 32.2. The van der Waals surface area contributed by atoms with Gasteiger partial charge in [0.15, 0.2) is 0 Å². The first-order valence-electron chi connectivity index (χ1n) is 7.39. The fraction of sp³-hybridized carbons (Fsp3) is 0.235. The van der Waals surface area contributed by atoms with Crippen molar-refractivity contribution in [3.63, 3.8) is 0 Å². The summed E-state index contributed by atoms with van der Waals surface area (Å²) in [6.07, 6.45) is 0.371. The van der Waals surface area contributed by atoms with Crippen molar-refractivity contribution >= 4 is 21.6 Å². The summed E-state index contributed by atoms with van der Waals surface area (Å²) < 4.78 is 27.5. The molecule has 6 heteroatoms. The third kappa shape index (κ3) is 4.64. The lowest BCUT2D eigenvalue weighted by Crippen LogP contribution is -2.26. The van der Waals surface area contributed by atoms with Gasteiger partial charge in [-0.15, -0.1) is 0 Å². The van der Waals surface area contributed by atoms with Crippen LogP contribution in [0.3, 0.4) is 0 Å². The highest BCUT2D eigenvalue weighted by molar-refractivity contribution is 7.89. The van der Waals surface area contributed by atoms with Gasteiger partial charge >= 0.3 is 0 Å². The van der Waals surface area contributed by atoms with Gasteiger partial charge in [0.2, 0.25) is 15.9 Å². The molecule has 0 saturated heterocycles. The summed E-state index contributed by atoms with van der Waals surface area (Å²) >= 11 is 0. The second-order valence-electron chi connectivity index (χ2n) is 5.18. The summed E-state index contributed by atoms with van der Waals surface area (Å²) in [5.74, 6) is -0.114. The van der Waals surface area contributed by atoms with Crippen LogP contribution in [0.4, 0.5) is 5.69 Å². The zero-order valence-electron chi connectivity index (χ0n) is 13.1. The van der Waals surface area contributed by atoms with Crippen LogP contribution in [-0.2, 0) is 14.8 Å². The summed E-state index contributed by atoms with van der Waals surface area (Å²) in [5.41, 5.74) is 1.47. The Balaban J connectivity index is 2.12. The van der Waals surface area contributed by atoms with Crippen LogP contribution in [0.15, 0.2) is 59.5 Å². The minimum absolute atomic E-state index is 0.114. The zero-order valence-corrected chi connectivity index (χ0v) is 13.9. The normalized spacial score (nSPS) is 12.6.